The first-order valence-electron chi connectivity index (χ1n) is 5.90. The van der Waals surface area contributed by atoms with Crippen molar-refractivity contribution in [3.8, 4) is 0 Å². The molecular weight excluding hydrogens is 238 g/mol. The molecule has 1 aromatic heterocycles. The van der Waals surface area contributed by atoms with Gasteiger partial charge in [0, 0.05) is 30.8 Å². The molecule has 1 N–H and O–H groups in total. The number of sulfone groups is 1. The molecule has 3 heterocycles. The van der Waals surface area contributed by atoms with E-state index < -0.39 is 9.84 Å². The molecular formula is C11H15N3O2S. The van der Waals surface area contributed by atoms with Crippen LogP contribution in [0.15, 0.2) is 6.20 Å². The Balaban J connectivity index is 1.81. The van der Waals surface area contributed by atoms with Crippen LogP contribution >= 0.6 is 0 Å². The van der Waals surface area contributed by atoms with Crippen molar-refractivity contribution < 1.29 is 8.42 Å². The molecule has 0 aliphatic carbocycles. The molecule has 1 saturated heterocycles. The summed E-state index contributed by atoms with van der Waals surface area (Å²) in [7, 11) is -2.80. The van der Waals surface area contributed by atoms with Crippen molar-refractivity contribution >= 4 is 9.84 Å². The molecule has 92 valence electrons. The molecule has 5 nitrogen and oxygen atoms in total. The van der Waals surface area contributed by atoms with Crippen molar-refractivity contribution in [1.82, 2.24) is 15.3 Å². The van der Waals surface area contributed by atoms with Gasteiger partial charge in [-0.25, -0.2) is 18.4 Å². The lowest BCUT2D eigenvalue weighted by molar-refractivity contribution is 0.535. The van der Waals surface area contributed by atoms with E-state index in [-0.39, 0.29) is 17.4 Å². The first-order chi connectivity index (χ1) is 8.14. The van der Waals surface area contributed by atoms with Crippen LogP contribution in [-0.4, -0.2) is 29.9 Å². The van der Waals surface area contributed by atoms with E-state index in [4.69, 9.17) is 0 Å². The molecule has 0 spiro atoms. The fourth-order valence-electron chi connectivity index (χ4n) is 2.42. The Hall–Kier alpha value is -1.01. The number of hydrogen-bond acceptors (Lipinski definition) is 5. The molecule has 0 unspecified atom stereocenters. The monoisotopic (exact) mass is 253 g/mol. The third-order valence-electron chi connectivity index (χ3n) is 3.50. The highest BCUT2D eigenvalue weighted by Gasteiger charge is 2.27. The summed E-state index contributed by atoms with van der Waals surface area (Å²) in [4.78, 5) is 8.93. The summed E-state index contributed by atoms with van der Waals surface area (Å²) in [6, 6.07) is 0. The van der Waals surface area contributed by atoms with Crippen molar-refractivity contribution in [3.05, 3.63) is 23.3 Å². The maximum atomic E-state index is 11.4. The molecule has 0 bridgehead atoms. The molecule has 0 aromatic carbocycles. The summed E-state index contributed by atoms with van der Waals surface area (Å²) >= 11 is 0. The molecule has 0 amide bonds. The Labute approximate surface area is 101 Å². The van der Waals surface area contributed by atoms with Gasteiger partial charge in [0.2, 0.25) is 0 Å². The molecule has 1 aromatic rings. The van der Waals surface area contributed by atoms with Crippen LogP contribution < -0.4 is 5.32 Å². The zero-order valence-corrected chi connectivity index (χ0v) is 10.3. The highest BCUT2D eigenvalue weighted by atomic mass is 32.2. The molecule has 2 aliphatic heterocycles. The highest BCUT2D eigenvalue weighted by Crippen LogP contribution is 2.27. The van der Waals surface area contributed by atoms with Gasteiger partial charge in [-0.15, -0.1) is 0 Å². The standard InChI is InChI=1S/C11H15N3O2S/c15-17(16)3-1-8(2-4-17)11-13-6-9-5-12-7-10(9)14-11/h6,8,12H,1-5,7H2. The van der Waals surface area contributed by atoms with Crippen LogP contribution in [0.25, 0.3) is 0 Å². The first kappa shape index (κ1) is 11.1. The normalized spacial score (nSPS) is 23.5. The summed E-state index contributed by atoms with van der Waals surface area (Å²) in [6.45, 7) is 1.64. The van der Waals surface area contributed by atoms with E-state index >= 15 is 0 Å². The van der Waals surface area contributed by atoms with Crippen molar-refractivity contribution in [2.45, 2.75) is 31.8 Å². The van der Waals surface area contributed by atoms with Crippen molar-refractivity contribution in [3.63, 3.8) is 0 Å². The van der Waals surface area contributed by atoms with Gasteiger partial charge in [-0.2, -0.15) is 0 Å². The van der Waals surface area contributed by atoms with Crippen molar-refractivity contribution in [2.75, 3.05) is 11.5 Å². The second-order valence-corrected chi connectivity index (χ2v) is 7.03. The van der Waals surface area contributed by atoms with Crippen molar-refractivity contribution in [2.24, 2.45) is 0 Å². The average molecular weight is 253 g/mol. The predicted octanol–water partition coefficient (Wildman–Crippen LogP) is 0.372. The molecule has 3 rings (SSSR count). The zero-order valence-electron chi connectivity index (χ0n) is 9.52. The van der Waals surface area contributed by atoms with Gasteiger partial charge in [0.1, 0.15) is 15.7 Å². The topological polar surface area (TPSA) is 72.0 Å². The highest BCUT2D eigenvalue weighted by molar-refractivity contribution is 7.91. The van der Waals surface area contributed by atoms with Gasteiger partial charge in [-0.1, -0.05) is 0 Å². The summed E-state index contributed by atoms with van der Waals surface area (Å²) in [5.74, 6) is 1.58. The summed E-state index contributed by atoms with van der Waals surface area (Å²) in [5, 5.41) is 3.23. The number of nitrogens with zero attached hydrogens (tertiary/aromatic N) is 2. The van der Waals surface area contributed by atoms with Crippen LogP contribution in [-0.2, 0) is 22.9 Å². The van der Waals surface area contributed by atoms with Crippen LogP contribution in [0.5, 0.6) is 0 Å². The lowest BCUT2D eigenvalue weighted by Crippen LogP contribution is -2.23. The zero-order chi connectivity index (χ0) is 11.9. The number of aromatic nitrogens is 2. The fraction of sp³-hybridized carbons (Fsp3) is 0.636. The molecule has 0 saturated carbocycles. The summed E-state index contributed by atoms with van der Waals surface area (Å²) in [6.07, 6.45) is 3.20. The number of rotatable bonds is 1. The summed E-state index contributed by atoms with van der Waals surface area (Å²) in [5.41, 5.74) is 2.24. The second-order valence-electron chi connectivity index (χ2n) is 4.73. The van der Waals surface area contributed by atoms with Crippen LogP contribution in [0.4, 0.5) is 0 Å². The van der Waals surface area contributed by atoms with Gasteiger partial charge < -0.3 is 5.32 Å². The predicted molar refractivity (Wildman–Crippen MR) is 63.2 cm³/mol. The molecule has 6 heteroatoms. The summed E-state index contributed by atoms with van der Waals surface area (Å²) < 4.78 is 22.7. The van der Waals surface area contributed by atoms with E-state index in [1.54, 1.807) is 0 Å². The van der Waals surface area contributed by atoms with Gasteiger partial charge in [-0.05, 0) is 12.8 Å². The smallest absolute Gasteiger partial charge is 0.150 e. The lowest BCUT2D eigenvalue weighted by Gasteiger charge is -2.20. The Morgan fingerprint density at radius 3 is 2.76 bits per heavy atom. The van der Waals surface area contributed by atoms with Gasteiger partial charge in [0.05, 0.1) is 17.2 Å². The van der Waals surface area contributed by atoms with Crippen LogP contribution in [0, 0.1) is 0 Å². The van der Waals surface area contributed by atoms with Crippen LogP contribution in [0.1, 0.15) is 35.8 Å². The average Bonchev–Trinajstić information content (AvgIpc) is 2.76. The Kier molecular flexibility index (Phi) is 2.63. The SMILES string of the molecule is O=S1(=O)CCC(c2ncc3c(n2)CNC3)CC1. The molecule has 17 heavy (non-hydrogen) atoms. The fourth-order valence-corrected chi connectivity index (χ4v) is 3.91. The molecule has 2 aliphatic rings. The van der Waals surface area contributed by atoms with Gasteiger partial charge in [0.15, 0.2) is 0 Å². The van der Waals surface area contributed by atoms with E-state index in [0.717, 1.165) is 30.2 Å². The third-order valence-corrected chi connectivity index (χ3v) is 5.22. The Morgan fingerprint density at radius 1 is 1.24 bits per heavy atom. The quantitative estimate of drug-likeness (QED) is 0.783. The van der Waals surface area contributed by atoms with E-state index in [9.17, 15) is 8.42 Å². The number of fused-ring (bicyclic) bond motifs is 1. The van der Waals surface area contributed by atoms with E-state index in [1.165, 1.54) is 0 Å². The Morgan fingerprint density at radius 2 is 2.00 bits per heavy atom. The molecule has 1 fully saturated rings. The van der Waals surface area contributed by atoms with Gasteiger partial charge >= 0.3 is 0 Å². The maximum Gasteiger partial charge on any atom is 0.150 e. The minimum atomic E-state index is -2.80. The largest absolute Gasteiger partial charge is 0.307 e. The number of hydrogen-bond donors (Lipinski definition) is 1. The van der Waals surface area contributed by atoms with E-state index in [1.807, 2.05) is 6.20 Å². The lowest BCUT2D eigenvalue weighted by atomic mass is 10.0. The maximum absolute atomic E-state index is 11.4. The first-order valence-corrected chi connectivity index (χ1v) is 7.72. The van der Waals surface area contributed by atoms with Gasteiger partial charge in [0.25, 0.3) is 0 Å². The second kappa shape index (κ2) is 4.03. The van der Waals surface area contributed by atoms with Crippen LogP contribution in [0.2, 0.25) is 0 Å². The third kappa shape index (κ3) is 2.19. The Bertz CT molecular complexity index is 528. The number of nitrogens with one attached hydrogen (secondary N) is 1. The van der Waals surface area contributed by atoms with Crippen molar-refractivity contribution in [1.29, 1.82) is 0 Å². The minimum absolute atomic E-state index is 0.212. The van der Waals surface area contributed by atoms with E-state index in [0.29, 0.717) is 12.8 Å². The van der Waals surface area contributed by atoms with Gasteiger partial charge in [-0.3, -0.25) is 0 Å². The molecule has 0 atom stereocenters. The molecule has 0 radical (unpaired) electrons. The van der Waals surface area contributed by atoms with Crippen LogP contribution in [0.3, 0.4) is 0 Å². The van der Waals surface area contributed by atoms with E-state index in [2.05, 4.69) is 15.3 Å². The minimum Gasteiger partial charge on any atom is -0.307 e.